The second kappa shape index (κ2) is 5.40. The van der Waals surface area contributed by atoms with Crippen LogP contribution < -0.4 is 11.1 Å². The fourth-order valence-electron chi connectivity index (χ4n) is 2.00. The molecule has 0 radical (unpaired) electrons. The van der Waals surface area contributed by atoms with Crippen LogP contribution in [0.2, 0.25) is 0 Å². The molecule has 0 aliphatic heterocycles. The Labute approximate surface area is 108 Å². The van der Waals surface area contributed by atoms with Gasteiger partial charge in [-0.15, -0.1) is 0 Å². The number of benzene rings is 1. The fraction of sp³-hybridized carbons (Fsp3) is 0.500. The Morgan fingerprint density at radius 3 is 2.44 bits per heavy atom. The third kappa shape index (κ3) is 3.23. The molecule has 0 unspecified atom stereocenters. The Morgan fingerprint density at radius 2 is 1.94 bits per heavy atom. The van der Waals surface area contributed by atoms with Crippen LogP contribution in [0.4, 0.5) is 5.69 Å². The Balaban J connectivity index is 1.91. The van der Waals surface area contributed by atoms with E-state index in [9.17, 15) is 4.79 Å². The van der Waals surface area contributed by atoms with Crippen molar-refractivity contribution in [3.8, 4) is 0 Å². The monoisotopic (exact) mass is 248 g/mol. The molecule has 1 aliphatic carbocycles. The largest absolute Gasteiger partial charge is 0.459 e. The minimum absolute atomic E-state index is 0.0910. The summed E-state index contributed by atoms with van der Waals surface area (Å²) in [5, 5.41) is 3.38. The zero-order chi connectivity index (χ0) is 13.1. The van der Waals surface area contributed by atoms with E-state index in [0.29, 0.717) is 17.6 Å². The molecular weight excluding hydrogens is 228 g/mol. The number of nitrogens with two attached hydrogens (primary N) is 1. The molecule has 0 amide bonds. The molecule has 0 aromatic heterocycles. The molecule has 0 heterocycles. The van der Waals surface area contributed by atoms with Gasteiger partial charge in [-0.2, -0.15) is 0 Å². The van der Waals surface area contributed by atoms with Crippen molar-refractivity contribution in [3.05, 3.63) is 29.8 Å². The molecular formula is C14H20N2O2. The van der Waals surface area contributed by atoms with Gasteiger partial charge in [-0.1, -0.05) is 0 Å². The molecule has 1 fully saturated rings. The van der Waals surface area contributed by atoms with E-state index in [4.69, 9.17) is 10.5 Å². The number of hydrogen-bond acceptors (Lipinski definition) is 4. The van der Waals surface area contributed by atoms with Crippen LogP contribution in [0.5, 0.6) is 0 Å². The van der Waals surface area contributed by atoms with Crippen molar-refractivity contribution in [1.82, 2.24) is 0 Å². The van der Waals surface area contributed by atoms with E-state index >= 15 is 0 Å². The van der Waals surface area contributed by atoms with Crippen LogP contribution in [0.15, 0.2) is 24.3 Å². The van der Waals surface area contributed by atoms with Crippen molar-refractivity contribution >= 4 is 11.7 Å². The lowest BCUT2D eigenvalue weighted by Crippen LogP contribution is -2.44. The average Bonchev–Trinajstić information content (AvgIpc) is 2.27. The molecule has 1 aliphatic rings. The fourth-order valence-corrected chi connectivity index (χ4v) is 2.00. The summed E-state index contributed by atoms with van der Waals surface area (Å²) < 4.78 is 5.13. The first-order valence-corrected chi connectivity index (χ1v) is 6.38. The molecule has 0 saturated heterocycles. The van der Waals surface area contributed by atoms with E-state index < -0.39 is 0 Å². The number of hydrogen-bond donors (Lipinski definition) is 2. The van der Waals surface area contributed by atoms with Gasteiger partial charge >= 0.3 is 5.97 Å². The third-order valence-electron chi connectivity index (χ3n) is 3.01. The first kappa shape index (κ1) is 12.9. The Hall–Kier alpha value is -1.55. The Kier molecular flexibility index (Phi) is 3.87. The maximum atomic E-state index is 11.6. The predicted molar refractivity (Wildman–Crippen MR) is 71.6 cm³/mol. The van der Waals surface area contributed by atoms with Crippen molar-refractivity contribution in [2.24, 2.45) is 5.73 Å². The summed E-state index contributed by atoms with van der Waals surface area (Å²) >= 11 is 0. The highest BCUT2D eigenvalue weighted by Gasteiger charge is 2.25. The van der Waals surface area contributed by atoms with E-state index in [2.05, 4.69) is 5.32 Å². The van der Waals surface area contributed by atoms with E-state index in [0.717, 1.165) is 18.5 Å². The molecule has 1 aromatic rings. The maximum absolute atomic E-state index is 11.6. The predicted octanol–water partition coefficient (Wildman–Crippen LogP) is 2.15. The summed E-state index contributed by atoms with van der Waals surface area (Å²) in [5.74, 6) is -0.276. The molecule has 0 spiro atoms. The number of ether oxygens (including phenoxy) is 1. The summed E-state index contributed by atoms with van der Waals surface area (Å²) in [7, 11) is 0. The number of anilines is 1. The Bertz CT molecular complexity index is 408. The second-order valence-corrected chi connectivity index (χ2v) is 5.10. The third-order valence-corrected chi connectivity index (χ3v) is 3.01. The van der Waals surface area contributed by atoms with Gasteiger partial charge in [-0.25, -0.2) is 4.79 Å². The van der Waals surface area contributed by atoms with Crippen LogP contribution >= 0.6 is 0 Å². The van der Waals surface area contributed by atoms with Crippen LogP contribution in [0.3, 0.4) is 0 Å². The van der Waals surface area contributed by atoms with E-state index in [-0.39, 0.29) is 12.1 Å². The van der Waals surface area contributed by atoms with Crippen molar-refractivity contribution in [1.29, 1.82) is 0 Å². The zero-order valence-electron chi connectivity index (χ0n) is 10.8. The van der Waals surface area contributed by atoms with Crippen LogP contribution in [-0.2, 0) is 4.74 Å². The van der Waals surface area contributed by atoms with Gasteiger partial charge in [-0.05, 0) is 51.0 Å². The van der Waals surface area contributed by atoms with Gasteiger partial charge < -0.3 is 15.8 Å². The zero-order valence-corrected chi connectivity index (χ0v) is 10.8. The molecule has 18 heavy (non-hydrogen) atoms. The van der Waals surface area contributed by atoms with E-state index in [1.54, 1.807) is 12.1 Å². The molecule has 98 valence electrons. The first-order valence-electron chi connectivity index (χ1n) is 6.38. The average molecular weight is 248 g/mol. The molecule has 1 saturated carbocycles. The van der Waals surface area contributed by atoms with Gasteiger partial charge in [0.25, 0.3) is 0 Å². The second-order valence-electron chi connectivity index (χ2n) is 5.10. The highest BCUT2D eigenvalue weighted by Crippen LogP contribution is 2.22. The van der Waals surface area contributed by atoms with E-state index in [1.165, 1.54) is 0 Å². The topological polar surface area (TPSA) is 64.3 Å². The van der Waals surface area contributed by atoms with Crippen LogP contribution in [0.25, 0.3) is 0 Å². The number of esters is 1. The number of carbonyl (C=O) groups is 1. The summed E-state index contributed by atoms with van der Waals surface area (Å²) in [4.78, 5) is 11.6. The summed E-state index contributed by atoms with van der Waals surface area (Å²) in [6, 6.07) is 8.18. The van der Waals surface area contributed by atoms with Crippen molar-refractivity contribution in [2.45, 2.75) is 44.9 Å². The molecule has 2 rings (SSSR count). The SMILES string of the molecule is CC(C)OC(=O)c1ccc(NC2CC(N)C2)cc1. The molecule has 0 bridgehead atoms. The van der Waals surface area contributed by atoms with E-state index in [1.807, 2.05) is 26.0 Å². The minimum Gasteiger partial charge on any atom is -0.459 e. The quantitative estimate of drug-likeness (QED) is 0.801. The molecule has 0 atom stereocenters. The lowest BCUT2D eigenvalue weighted by atomic mass is 9.87. The van der Waals surface area contributed by atoms with Gasteiger partial charge in [-0.3, -0.25) is 0 Å². The van der Waals surface area contributed by atoms with Crippen molar-refractivity contribution in [2.75, 3.05) is 5.32 Å². The number of carbonyl (C=O) groups excluding carboxylic acids is 1. The molecule has 3 N–H and O–H groups in total. The van der Waals surface area contributed by atoms with Crippen molar-refractivity contribution in [3.63, 3.8) is 0 Å². The highest BCUT2D eigenvalue weighted by atomic mass is 16.5. The van der Waals surface area contributed by atoms with Gasteiger partial charge in [0.2, 0.25) is 0 Å². The van der Waals surface area contributed by atoms with Crippen LogP contribution in [0, 0.1) is 0 Å². The van der Waals surface area contributed by atoms with Gasteiger partial charge in [0, 0.05) is 17.8 Å². The standard InChI is InChI=1S/C14H20N2O2/c1-9(2)18-14(17)10-3-5-12(6-4-10)16-13-7-11(15)8-13/h3-6,9,11,13,16H,7-8,15H2,1-2H3. The smallest absolute Gasteiger partial charge is 0.338 e. The van der Waals surface area contributed by atoms with Crippen molar-refractivity contribution < 1.29 is 9.53 Å². The minimum atomic E-state index is -0.276. The number of nitrogens with one attached hydrogen (secondary N) is 1. The van der Waals surface area contributed by atoms with Crippen LogP contribution in [0.1, 0.15) is 37.0 Å². The lowest BCUT2D eigenvalue weighted by molar-refractivity contribution is 0.0378. The van der Waals surface area contributed by atoms with Gasteiger partial charge in [0.05, 0.1) is 11.7 Å². The summed E-state index contributed by atoms with van der Waals surface area (Å²) in [6.45, 7) is 3.68. The maximum Gasteiger partial charge on any atom is 0.338 e. The van der Waals surface area contributed by atoms with Crippen LogP contribution in [-0.4, -0.2) is 24.2 Å². The van der Waals surface area contributed by atoms with Gasteiger partial charge in [0.15, 0.2) is 0 Å². The summed E-state index contributed by atoms with van der Waals surface area (Å²) in [6.07, 6.45) is 1.93. The first-order chi connectivity index (χ1) is 8.54. The highest BCUT2D eigenvalue weighted by molar-refractivity contribution is 5.89. The van der Waals surface area contributed by atoms with Gasteiger partial charge in [0.1, 0.15) is 0 Å². The lowest BCUT2D eigenvalue weighted by Gasteiger charge is -2.33. The Morgan fingerprint density at radius 1 is 1.33 bits per heavy atom. The summed E-state index contributed by atoms with van der Waals surface area (Å²) in [5.41, 5.74) is 7.34. The number of rotatable bonds is 4. The normalized spacial score (nSPS) is 22.4. The molecule has 4 heteroatoms. The molecule has 4 nitrogen and oxygen atoms in total. The molecule has 1 aromatic carbocycles.